The number of ether oxygens (including phenoxy) is 1. The highest BCUT2D eigenvalue weighted by Crippen LogP contribution is 2.13. The average Bonchev–Trinajstić information content (AvgIpc) is 3.16. The second kappa shape index (κ2) is 7.35. The number of esters is 1. The Balaban J connectivity index is 1.41. The second-order valence-corrected chi connectivity index (χ2v) is 7.21. The molecule has 28 heavy (non-hydrogen) atoms. The van der Waals surface area contributed by atoms with E-state index in [9.17, 15) is 14.4 Å². The lowest BCUT2D eigenvalue weighted by molar-refractivity contribution is -0.145. The normalized spacial score (nSPS) is 11.2. The molecule has 0 fully saturated rings. The Hall–Kier alpha value is -3.33. The summed E-state index contributed by atoms with van der Waals surface area (Å²) in [6.07, 6.45) is 3.15. The molecule has 0 bridgehead atoms. The molecule has 0 aliphatic heterocycles. The van der Waals surface area contributed by atoms with Crippen LogP contribution in [0.25, 0.3) is 15.9 Å². The summed E-state index contributed by atoms with van der Waals surface area (Å²) in [4.78, 5) is 45.7. The molecule has 0 unspecified atom stereocenters. The van der Waals surface area contributed by atoms with Crippen molar-refractivity contribution in [2.75, 3.05) is 0 Å². The standard InChI is InChI=1S/C19H16N4O4S/c1-12-2-3-15-21-13(8-16(24)23(15)9-12)10-27-17(25)4-6-22-11-20-18-14(19(22)26)5-7-28-18/h2-3,5,7-9,11H,4,6,10H2,1H3. The van der Waals surface area contributed by atoms with Gasteiger partial charge in [-0.2, -0.15) is 0 Å². The minimum absolute atomic E-state index is 0.0169. The predicted molar refractivity (Wildman–Crippen MR) is 104 cm³/mol. The maximum atomic E-state index is 12.3. The molecule has 0 amide bonds. The Morgan fingerprint density at radius 3 is 2.96 bits per heavy atom. The van der Waals surface area contributed by atoms with E-state index in [4.69, 9.17) is 4.74 Å². The highest BCUT2D eigenvalue weighted by molar-refractivity contribution is 7.16. The number of rotatable bonds is 5. The molecule has 4 aromatic heterocycles. The number of nitrogens with zero attached hydrogens (tertiary/aromatic N) is 4. The number of carbonyl (C=O) groups is 1. The number of pyridine rings is 1. The summed E-state index contributed by atoms with van der Waals surface area (Å²) in [5, 5.41) is 2.34. The summed E-state index contributed by atoms with van der Waals surface area (Å²) in [6, 6.07) is 6.66. The molecule has 0 aliphatic carbocycles. The third-order valence-corrected chi connectivity index (χ3v) is 5.07. The second-order valence-electron chi connectivity index (χ2n) is 6.31. The lowest BCUT2D eigenvalue weighted by Crippen LogP contribution is -2.22. The summed E-state index contributed by atoms with van der Waals surface area (Å²) in [5.74, 6) is -0.483. The van der Waals surface area contributed by atoms with Crippen molar-refractivity contribution >= 4 is 33.2 Å². The quantitative estimate of drug-likeness (QED) is 0.478. The van der Waals surface area contributed by atoms with Gasteiger partial charge in [-0.3, -0.25) is 23.4 Å². The van der Waals surface area contributed by atoms with E-state index >= 15 is 0 Å². The summed E-state index contributed by atoms with van der Waals surface area (Å²) in [5.41, 5.74) is 1.40. The Kier molecular flexibility index (Phi) is 4.74. The SMILES string of the molecule is Cc1ccc2nc(COC(=O)CCn3cnc4sccc4c3=O)cc(=O)n2c1. The van der Waals surface area contributed by atoms with Crippen molar-refractivity contribution in [1.29, 1.82) is 0 Å². The zero-order valence-corrected chi connectivity index (χ0v) is 15.8. The molecule has 0 spiro atoms. The monoisotopic (exact) mass is 396 g/mol. The molecular formula is C19H16N4O4S. The van der Waals surface area contributed by atoms with Gasteiger partial charge in [-0.05, 0) is 30.0 Å². The van der Waals surface area contributed by atoms with Gasteiger partial charge in [-0.25, -0.2) is 9.97 Å². The van der Waals surface area contributed by atoms with E-state index in [1.54, 1.807) is 23.7 Å². The molecule has 0 N–H and O–H groups in total. The van der Waals surface area contributed by atoms with E-state index in [0.29, 0.717) is 21.6 Å². The fourth-order valence-corrected chi connectivity index (χ4v) is 3.55. The van der Waals surface area contributed by atoms with Crippen LogP contribution >= 0.6 is 11.3 Å². The summed E-state index contributed by atoms with van der Waals surface area (Å²) < 4.78 is 8.04. The van der Waals surface area contributed by atoms with E-state index in [1.807, 2.05) is 13.0 Å². The number of aryl methyl sites for hydroxylation is 2. The van der Waals surface area contributed by atoms with Crippen LogP contribution in [0.15, 0.2) is 51.8 Å². The lowest BCUT2D eigenvalue weighted by atomic mass is 10.3. The van der Waals surface area contributed by atoms with Crippen molar-refractivity contribution in [3.8, 4) is 0 Å². The van der Waals surface area contributed by atoms with E-state index in [0.717, 1.165) is 5.56 Å². The van der Waals surface area contributed by atoms with Gasteiger partial charge in [0.25, 0.3) is 11.1 Å². The summed E-state index contributed by atoms with van der Waals surface area (Å²) in [6.45, 7) is 1.96. The summed E-state index contributed by atoms with van der Waals surface area (Å²) in [7, 11) is 0. The third-order valence-electron chi connectivity index (χ3n) is 4.25. The Labute approximate surface area is 162 Å². The summed E-state index contributed by atoms with van der Waals surface area (Å²) >= 11 is 1.39. The van der Waals surface area contributed by atoms with Crippen molar-refractivity contribution in [1.82, 2.24) is 18.9 Å². The van der Waals surface area contributed by atoms with Crippen LogP contribution < -0.4 is 11.1 Å². The van der Waals surface area contributed by atoms with Crippen LogP contribution in [0.2, 0.25) is 0 Å². The lowest BCUT2D eigenvalue weighted by Gasteiger charge is -2.07. The molecule has 9 heteroatoms. The van der Waals surface area contributed by atoms with Gasteiger partial charge in [0.2, 0.25) is 0 Å². The molecule has 8 nitrogen and oxygen atoms in total. The van der Waals surface area contributed by atoms with Crippen LogP contribution in [-0.2, 0) is 22.7 Å². The molecule has 4 rings (SSSR count). The zero-order valence-electron chi connectivity index (χ0n) is 15.0. The topological polar surface area (TPSA) is 95.6 Å². The minimum Gasteiger partial charge on any atom is -0.459 e. The number of thiophene rings is 1. The van der Waals surface area contributed by atoms with Gasteiger partial charge in [0, 0.05) is 18.8 Å². The van der Waals surface area contributed by atoms with E-state index < -0.39 is 5.97 Å². The van der Waals surface area contributed by atoms with Crippen LogP contribution in [0, 0.1) is 6.92 Å². The highest BCUT2D eigenvalue weighted by Gasteiger charge is 2.10. The van der Waals surface area contributed by atoms with E-state index in [-0.39, 0.29) is 30.7 Å². The Bertz CT molecular complexity index is 1300. The third kappa shape index (κ3) is 3.56. The first kappa shape index (κ1) is 18.1. The van der Waals surface area contributed by atoms with Gasteiger partial charge in [0.1, 0.15) is 17.1 Å². The Morgan fingerprint density at radius 1 is 1.25 bits per heavy atom. The zero-order chi connectivity index (χ0) is 19.7. The first-order valence-electron chi connectivity index (χ1n) is 8.58. The number of fused-ring (bicyclic) bond motifs is 2. The smallest absolute Gasteiger partial charge is 0.307 e. The van der Waals surface area contributed by atoms with Crippen LogP contribution in [0.1, 0.15) is 17.7 Å². The first-order valence-corrected chi connectivity index (χ1v) is 9.46. The first-order chi connectivity index (χ1) is 13.5. The molecule has 0 saturated carbocycles. The molecule has 0 saturated heterocycles. The number of aromatic nitrogens is 4. The van der Waals surface area contributed by atoms with Gasteiger partial charge < -0.3 is 4.74 Å². The van der Waals surface area contributed by atoms with Gasteiger partial charge in [0.15, 0.2) is 0 Å². The maximum absolute atomic E-state index is 12.3. The Morgan fingerprint density at radius 2 is 2.11 bits per heavy atom. The van der Waals surface area contributed by atoms with Gasteiger partial charge in [-0.15, -0.1) is 11.3 Å². The molecular weight excluding hydrogens is 380 g/mol. The molecule has 4 aromatic rings. The van der Waals surface area contributed by atoms with Crippen molar-refractivity contribution in [3.05, 3.63) is 74.1 Å². The minimum atomic E-state index is -0.483. The average molecular weight is 396 g/mol. The van der Waals surface area contributed by atoms with Crippen molar-refractivity contribution < 1.29 is 9.53 Å². The molecule has 0 aromatic carbocycles. The molecule has 0 radical (unpaired) electrons. The highest BCUT2D eigenvalue weighted by atomic mass is 32.1. The van der Waals surface area contributed by atoms with E-state index in [2.05, 4.69) is 9.97 Å². The largest absolute Gasteiger partial charge is 0.459 e. The van der Waals surface area contributed by atoms with Crippen LogP contribution in [0.3, 0.4) is 0 Å². The van der Waals surface area contributed by atoms with Gasteiger partial charge in [-0.1, -0.05) is 6.07 Å². The predicted octanol–water partition coefficient (Wildman–Crippen LogP) is 1.91. The van der Waals surface area contributed by atoms with E-state index in [1.165, 1.54) is 32.7 Å². The van der Waals surface area contributed by atoms with Crippen LogP contribution in [-0.4, -0.2) is 24.9 Å². The van der Waals surface area contributed by atoms with Crippen molar-refractivity contribution in [3.63, 3.8) is 0 Å². The van der Waals surface area contributed by atoms with Gasteiger partial charge in [0.05, 0.1) is 23.8 Å². The van der Waals surface area contributed by atoms with Crippen LogP contribution in [0.4, 0.5) is 0 Å². The number of carbonyl (C=O) groups excluding carboxylic acids is 1. The maximum Gasteiger partial charge on any atom is 0.307 e. The molecule has 0 aliphatic rings. The van der Waals surface area contributed by atoms with Gasteiger partial charge >= 0.3 is 5.97 Å². The van der Waals surface area contributed by atoms with Crippen molar-refractivity contribution in [2.24, 2.45) is 0 Å². The fourth-order valence-electron chi connectivity index (χ4n) is 2.82. The molecule has 0 atom stereocenters. The molecule has 4 heterocycles. The fraction of sp³-hybridized carbons (Fsp3) is 0.211. The van der Waals surface area contributed by atoms with Crippen LogP contribution in [0.5, 0.6) is 0 Å². The van der Waals surface area contributed by atoms with Crippen molar-refractivity contribution in [2.45, 2.75) is 26.5 Å². The number of hydrogen-bond donors (Lipinski definition) is 0. The molecule has 142 valence electrons. The number of hydrogen-bond acceptors (Lipinski definition) is 7.